The molecule has 1 aliphatic heterocycles. The molecule has 0 saturated heterocycles. The van der Waals surface area contributed by atoms with Gasteiger partial charge in [0.2, 0.25) is 5.95 Å². The highest BCUT2D eigenvalue weighted by Gasteiger charge is 2.27. The summed E-state index contributed by atoms with van der Waals surface area (Å²) in [6.45, 7) is 5.18. The number of hydrogen-bond acceptors (Lipinski definition) is 7. The molecule has 0 aliphatic carbocycles. The van der Waals surface area contributed by atoms with Crippen LogP contribution in [0.1, 0.15) is 29.8 Å². The zero-order valence-electron chi connectivity index (χ0n) is 16.2. The first-order valence-corrected chi connectivity index (χ1v) is 8.81. The number of nitrogens with zero attached hydrogens (tertiary/aromatic N) is 3. The number of benzene rings is 1. The maximum Gasteiger partial charge on any atom is 0.262 e. The standard InChI is InChI=1S/C20H20FN5O3/c1-20(2)9-24-19(25-10-20)26-18(28)17-13(27)5-4-11(7-22)16(17)12-6-15(21)23-8-14(12)29-3/h4-6,8,27H,9-10H2,1-3H3,(H2,24,25,26,28). The Bertz CT molecular complexity index is 1040. The topological polar surface area (TPSA) is 120 Å². The van der Waals surface area contributed by atoms with Crippen LogP contribution in [-0.2, 0) is 0 Å². The number of carbonyl (C=O) groups is 1. The third-order valence-electron chi connectivity index (χ3n) is 4.49. The molecule has 2 heterocycles. The molecule has 1 aromatic heterocycles. The molecule has 3 rings (SSSR count). The molecular weight excluding hydrogens is 377 g/mol. The third kappa shape index (κ3) is 4.11. The average Bonchev–Trinajstić information content (AvgIpc) is 2.69. The largest absolute Gasteiger partial charge is 0.507 e. The van der Waals surface area contributed by atoms with Gasteiger partial charge in [-0.2, -0.15) is 9.65 Å². The van der Waals surface area contributed by atoms with E-state index in [4.69, 9.17) is 4.74 Å². The monoisotopic (exact) mass is 397 g/mol. The Balaban J connectivity index is 2.11. The summed E-state index contributed by atoms with van der Waals surface area (Å²) in [6, 6.07) is 5.59. The van der Waals surface area contributed by atoms with Crippen LogP contribution in [0, 0.1) is 22.7 Å². The first-order valence-electron chi connectivity index (χ1n) is 8.81. The summed E-state index contributed by atoms with van der Waals surface area (Å²) in [4.78, 5) is 20.8. The van der Waals surface area contributed by atoms with Gasteiger partial charge in [0.15, 0.2) is 5.96 Å². The van der Waals surface area contributed by atoms with E-state index >= 15 is 0 Å². The Labute approximate surface area is 167 Å². The highest BCUT2D eigenvalue weighted by molar-refractivity contribution is 6.12. The minimum atomic E-state index is -0.819. The van der Waals surface area contributed by atoms with Crippen molar-refractivity contribution in [3.8, 4) is 28.7 Å². The van der Waals surface area contributed by atoms with Crippen LogP contribution in [0.4, 0.5) is 4.39 Å². The first kappa shape index (κ1) is 20.1. The fourth-order valence-electron chi connectivity index (χ4n) is 2.95. The number of aromatic hydroxyl groups is 1. The summed E-state index contributed by atoms with van der Waals surface area (Å²) in [5.41, 5.74) is -0.0135. The normalized spacial score (nSPS) is 14.9. The van der Waals surface area contributed by atoms with Crippen molar-refractivity contribution < 1.29 is 19.0 Å². The van der Waals surface area contributed by atoms with Crippen molar-refractivity contribution in [3.05, 3.63) is 41.5 Å². The second kappa shape index (κ2) is 7.75. The maximum atomic E-state index is 13.8. The third-order valence-corrected chi connectivity index (χ3v) is 4.49. The highest BCUT2D eigenvalue weighted by Crippen LogP contribution is 2.38. The molecule has 0 unspecified atom stereocenters. The zero-order chi connectivity index (χ0) is 21.2. The Morgan fingerprint density at radius 2 is 2.21 bits per heavy atom. The predicted octanol–water partition coefficient (Wildman–Crippen LogP) is 2.19. The van der Waals surface area contributed by atoms with Gasteiger partial charge < -0.3 is 15.2 Å². The minimum Gasteiger partial charge on any atom is -0.507 e. The molecule has 0 spiro atoms. The van der Waals surface area contributed by atoms with E-state index in [-0.39, 0.29) is 45.1 Å². The number of hydrogen-bond donors (Lipinski definition) is 3. The molecule has 150 valence electrons. The molecule has 1 amide bonds. The van der Waals surface area contributed by atoms with Crippen LogP contribution < -0.4 is 15.4 Å². The van der Waals surface area contributed by atoms with Gasteiger partial charge in [0, 0.05) is 35.7 Å². The van der Waals surface area contributed by atoms with E-state index in [0.717, 1.165) is 12.3 Å². The number of aromatic nitrogens is 1. The van der Waals surface area contributed by atoms with Gasteiger partial charge in [-0.05, 0) is 12.1 Å². The molecule has 0 saturated carbocycles. The van der Waals surface area contributed by atoms with Crippen molar-refractivity contribution >= 4 is 11.9 Å². The molecule has 29 heavy (non-hydrogen) atoms. The Morgan fingerprint density at radius 1 is 1.45 bits per heavy atom. The number of nitriles is 1. The lowest BCUT2D eigenvalue weighted by Gasteiger charge is -2.29. The summed E-state index contributed by atoms with van der Waals surface area (Å²) >= 11 is 0. The van der Waals surface area contributed by atoms with Crippen LogP contribution in [0.5, 0.6) is 11.5 Å². The molecule has 1 aliphatic rings. The van der Waals surface area contributed by atoms with Gasteiger partial charge in [-0.15, -0.1) is 0 Å². The van der Waals surface area contributed by atoms with Crippen LogP contribution in [0.2, 0.25) is 0 Å². The molecule has 0 radical (unpaired) electrons. The molecular formula is C20H20FN5O3. The van der Waals surface area contributed by atoms with E-state index in [0.29, 0.717) is 13.1 Å². The van der Waals surface area contributed by atoms with Gasteiger partial charge in [0.25, 0.3) is 5.91 Å². The summed E-state index contributed by atoms with van der Waals surface area (Å²) in [6.07, 6.45) is 1.15. The lowest BCUT2D eigenvalue weighted by Crippen LogP contribution is -2.49. The molecule has 0 atom stereocenters. The minimum absolute atomic E-state index is 0.0416. The first-order chi connectivity index (χ1) is 13.8. The molecule has 0 fully saturated rings. The number of rotatable bonds is 3. The SMILES string of the molecule is COc1cnc(F)cc1-c1c(C#N)ccc(O)c1C(=O)NC1=NCC(C)(C)CN1. The fourth-order valence-corrected chi connectivity index (χ4v) is 2.95. The number of guanidine groups is 1. The summed E-state index contributed by atoms with van der Waals surface area (Å²) in [5.74, 6) is -1.47. The van der Waals surface area contributed by atoms with Gasteiger partial charge >= 0.3 is 0 Å². The lowest BCUT2D eigenvalue weighted by atomic mass is 9.92. The Hall–Kier alpha value is -3.67. The predicted molar refractivity (Wildman–Crippen MR) is 104 cm³/mol. The molecule has 2 aromatic rings. The molecule has 8 nitrogen and oxygen atoms in total. The van der Waals surface area contributed by atoms with E-state index in [9.17, 15) is 19.6 Å². The fraction of sp³-hybridized carbons (Fsp3) is 0.300. The number of pyridine rings is 1. The van der Waals surface area contributed by atoms with Gasteiger partial charge in [0.1, 0.15) is 11.5 Å². The highest BCUT2D eigenvalue weighted by atomic mass is 19.1. The van der Waals surface area contributed by atoms with Crippen LogP contribution in [0.15, 0.2) is 29.4 Å². The summed E-state index contributed by atoms with van der Waals surface area (Å²) < 4.78 is 19.1. The van der Waals surface area contributed by atoms with Crippen molar-refractivity contribution in [1.29, 1.82) is 5.26 Å². The van der Waals surface area contributed by atoms with E-state index in [1.807, 2.05) is 19.9 Å². The van der Waals surface area contributed by atoms with Gasteiger partial charge in [-0.1, -0.05) is 13.8 Å². The number of halogens is 1. The van der Waals surface area contributed by atoms with Crippen LogP contribution in [0.3, 0.4) is 0 Å². The number of nitrogens with one attached hydrogen (secondary N) is 2. The van der Waals surface area contributed by atoms with Crippen molar-refractivity contribution in [2.24, 2.45) is 10.4 Å². The Morgan fingerprint density at radius 3 is 2.83 bits per heavy atom. The number of methoxy groups -OCH3 is 1. The second-order valence-corrected chi connectivity index (χ2v) is 7.34. The van der Waals surface area contributed by atoms with Gasteiger partial charge in [0.05, 0.1) is 30.5 Å². The summed E-state index contributed by atoms with van der Waals surface area (Å²) in [7, 11) is 1.36. The van der Waals surface area contributed by atoms with Crippen molar-refractivity contribution in [2.75, 3.05) is 20.2 Å². The number of carbonyl (C=O) groups excluding carboxylic acids is 1. The Kier molecular flexibility index (Phi) is 5.37. The molecule has 1 aromatic carbocycles. The van der Waals surface area contributed by atoms with Gasteiger partial charge in [-0.25, -0.2) is 4.98 Å². The van der Waals surface area contributed by atoms with E-state index < -0.39 is 11.9 Å². The quantitative estimate of drug-likeness (QED) is 0.683. The van der Waals surface area contributed by atoms with Crippen LogP contribution >= 0.6 is 0 Å². The van der Waals surface area contributed by atoms with E-state index in [1.54, 1.807) is 0 Å². The smallest absolute Gasteiger partial charge is 0.262 e. The number of amides is 1. The van der Waals surface area contributed by atoms with Crippen LogP contribution in [-0.4, -0.2) is 42.2 Å². The zero-order valence-corrected chi connectivity index (χ0v) is 16.2. The molecule has 3 N–H and O–H groups in total. The molecule has 0 bridgehead atoms. The van der Waals surface area contributed by atoms with E-state index in [1.165, 1.54) is 19.2 Å². The van der Waals surface area contributed by atoms with Crippen LogP contribution in [0.25, 0.3) is 11.1 Å². The summed E-state index contributed by atoms with van der Waals surface area (Å²) in [5, 5.41) is 25.6. The average molecular weight is 397 g/mol. The maximum absolute atomic E-state index is 13.8. The number of phenols is 1. The number of phenolic OH excluding ortho intramolecular Hbond substituents is 1. The van der Waals surface area contributed by atoms with Crippen molar-refractivity contribution in [3.63, 3.8) is 0 Å². The second-order valence-electron chi connectivity index (χ2n) is 7.34. The van der Waals surface area contributed by atoms with Gasteiger partial charge in [-0.3, -0.25) is 15.1 Å². The van der Waals surface area contributed by atoms with Crippen molar-refractivity contribution in [1.82, 2.24) is 15.6 Å². The lowest BCUT2D eigenvalue weighted by molar-refractivity contribution is 0.0972. The van der Waals surface area contributed by atoms with Crippen molar-refractivity contribution in [2.45, 2.75) is 13.8 Å². The number of ether oxygens (including phenoxy) is 1. The van der Waals surface area contributed by atoms with E-state index in [2.05, 4.69) is 20.6 Å². The molecule has 9 heteroatoms. The number of aliphatic imine (C=N–C) groups is 1.